The summed E-state index contributed by atoms with van der Waals surface area (Å²) in [6.45, 7) is -6.06. The fourth-order valence-electron chi connectivity index (χ4n) is 0.120. The van der Waals surface area contributed by atoms with E-state index in [1.165, 1.54) is 0 Å². The molecule has 1 atom stereocenters. The standard InChI is InChI=1S/C2H6BF3NO/c4-3(5,6)2(7)1-8/h2,8H,1,7H2/q-1. The van der Waals surface area contributed by atoms with Gasteiger partial charge in [-0.15, -0.1) is 0 Å². The summed E-state index contributed by atoms with van der Waals surface area (Å²) >= 11 is 0. The zero-order chi connectivity index (χ0) is 6.78. The number of nitrogens with two attached hydrogens (primary N) is 1. The molecule has 0 saturated carbocycles. The highest BCUT2D eigenvalue weighted by Crippen LogP contribution is 2.10. The van der Waals surface area contributed by atoms with Crippen LogP contribution in [0, 0.1) is 0 Å². The summed E-state index contributed by atoms with van der Waals surface area (Å²) in [4.78, 5) is 0. The summed E-state index contributed by atoms with van der Waals surface area (Å²) < 4.78 is 33.7. The highest BCUT2D eigenvalue weighted by Gasteiger charge is 2.30. The van der Waals surface area contributed by atoms with Gasteiger partial charge >= 0.3 is 6.98 Å². The van der Waals surface area contributed by atoms with Crippen LogP contribution in [-0.2, 0) is 0 Å². The number of halogens is 3. The van der Waals surface area contributed by atoms with Crippen LogP contribution in [-0.4, -0.2) is 24.6 Å². The van der Waals surface area contributed by atoms with Crippen LogP contribution in [0.4, 0.5) is 12.9 Å². The molecule has 0 amide bonds. The zero-order valence-corrected chi connectivity index (χ0v) is 4.02. The number of hydrogen-bond donors (Lipinski definition) is 2. The first-order valence-corrected chi connectivity index (χ1v) is 2.05. The smallest absolute Gasteiger partial charge is 0.448 e. The summed E-state index contributed by atoms with van der Waals surface area (Å²) in [6.07, 6.45) is 0. The molecule has 8 heavy (non-hydrogen) atoms. The van der Waals surface area contributed by atoms with Gasteiger partial charge in [-0.3, -0.25) is 0 Å². The fraction of sp³-hybridized carbons (Fsp3) is 1.00. The van der Waals surface area contributed by atoms with E-state index in [1.807, 2.05) is 0 Å². The Bertz CT molecular complexity index is 74.2. The van der Waals surface area contributed by atoms with E-state index in [4.69, 9.17) is 5.11 Å². The minimum Gasteiger partial charge on any atom is -0.448 e. The second-order valence-electron chi connectivity index (χ2n) is 1.47. The molecular weight excluding hydrogens is 122 g/mol. The molecule has 0 aromatic heterocycles. The lowest BCUT2D eigenvalue weighted by Gasteiger charge is -2.19. The average Bonchev–Trinajstić information content (AvgIpc) is 1.62. The van der Waals surface area contributed by atoms with E-state index in [9.17, 15) is 12.9 Å². The van der Waals surface area contributed by atoms with Gasteiger partial charge in [0.2, 0.25) is 0 Å². The maximum absolute atomic E-state index is 11.2. The van der Waals surface area contributed by atoms with Gasteiger partial charge in [0.1, 0.15) is 0 Å². The fourth-order valence-corrected chi connectivity index (χ4v) is 0.120. The number of aliphatic hydroxyl groups is 1. The average molecular weight is 128 g/mol. The van der Waals surface area contributed by atoms with Crippen LogP contribution < -0.4 is 5.73 Å². The first-order chi connectivity index (χ1) is 3.48. The quantitative estimate of drug-likeness (QED) is 0.501. The third-order valence-corrected chi connectivity index (χ3v) is 0.696. The van der Waals surface area contributed by atoms with Crippen molar-refractivity contribution in [2.24, 2.45) is 5.73 Å². The van der Waals surface area contributed by atoms with Crippen LogP contribution >= 0.6 is 0 Å². The van der Waals surface area contributed by atoms with Crippen molar-refractivity contribution in [3.63, 3.8) is 0 Å². The molecule has 2 nitrogen and oxygen atoms in total. The normalized spacial score (nSPS) is 16.1. The zero-order valence-electron chi connectivity index (χ0n) is 4.02. The third kappa shape index (κ3) is 2.18. The first kappa shape index (κ1) is 7.77. The Labute approximate surface area is 44.5 Å². The number of rotatable bonds is 2. The molecule has 0 radical (unpaired) electrons. The van der Waals surface area contributed by atoms with Gasteiger partial charge in [0.25, 0.3) is 0 Å². The topological polar surface area (TPSA) is 46.2 Å². The highest BCUT2D eigenvalue weighted by atomic mass is 19.4. The van der Waals surface area contributed by atoms with Gasteiger partial charge in [-0.05, 0) is 5.94 Å². The van der Waals surface area contributed by atoms with E-state index in [0.717, 1.165) is 0 Å². The lowest BCUT2D eigenvalue weighted by atomic mass is 9.81. The molecule has 3 N–H and O–H groups in total. The summed E-state index contributed by atoms with van der Waals surface area (Å²) in [5.74, 6) is -2.03. The van der Waals surface area contributed by atoms with E-state index in [0.29, 0.717) is 0 Å². The number of aliphatic hydroxyl groups excluding tert-OH is 1. The molecule has 0 bridgehead atoms. The SMILES string of the molecule is NC(CO)[B-](F)(F)F. The van der Waals surface area contributed by atoms with Crippen LogP contribution in [0.5, 0.6) is 0 Å². The van der Waals surface area contributed by atoms with Gasteiger partial charge in [0.15, 0.2) is 0 Å². The van der Waals surface area contributed by atoms with Crippen LogP contribution in [0.15, 0.2) is 0 Å². The van der Waals surface area contributed by atoms with Crippen molar-refractivity contribution in [2.75, 3.05) is 6.61 Å². The Morgan fingerprint density at radius 3 is 1.88 bits per heavy atom. The minimum absolute atomic E-state index is 1.02. The second-order valence-corrected chi connectivity index (χ2v) is 1.47. The maximum Gasteiger partial charge on any atom is 0.496 e. The molecule has 0 aliphatic rings. The summed E-state index contributed by atoms with van der Waals surface area (Å²) in [5.41, 5.74) is 4.40. The van der Waals surface area contributed by atoms with E-state index >= 15 is 0 Å². The van der Waals surface area contributed by atoms with Crippen molar-refractivity contribution in [1.82, 2.24) is 0 Å². The third-order valence-electron chi connectivity index (χ3n) is 0.696. The molecule has 0 rings (SSSR count). The minimum atomic E-state index is -5.03. The van der Waals surface area contributed by atoms with Crippen molar-refractivity contribution in [1.29, 1.82) is 0 Å². The lowest BCUT2D eigenvalue weighted by Crippen LogP contribution is -2.45. The molecule has 0 aromatic carbocycles. The van der Waals surface area contributed by atoms with Crippen LogP contribution in [0.1, 0.15) is 0 Å². The van der Waals surface area contributed by atoms with Gasteiger partial charge in [0.05, 0.1) is 0 Å². The Hall–Kier alpha value is -0.225. The van der Waals surface area contributed by atoms with Crippen molar-refractivity contribution >= 4 is 6.98 Å². The molecule has 0 aromatic rings. The Kier molecular flexibility index (Phi) is 2.30. The molecule has 0 aliphatic heterocycles. The predicted molar refractivity (Wildman–Crippen MR) is 24.1 cm³/mol. The van der Waals surface area contributed by atoms with E-state index < -0.39 is 19.5 Å². The largest absolute Gasteiger partial charge is 0.496 e. The highest BCUT2D eigenvalue weighted by molar-refractivity contribution is 6.60. The summed E-state index contributed by atoms with van der Waals surface area (Å²) in [6, 6.07) is 0. The van der Waals surface area contributed by atoms with Crippen molar-refractivity contribution in [3.8, 4) is 0 Å². The summed E-state index contributed by atoms with van der Waals surface area (Å²) in [7, 11) is 0. The van der Waals surface area contributed by atoms with Gasteiger partial charge in [0, 0.05) is 6.61 Å². The van der Waals surface area contributed by atoms with Crippen LogP contribution in [0.3, 0.4) is 0 Å². The molecule has 0 saturated heterocycles. The van der Waals surface area contributed by atoms with E-state index in [1.54, 1.807) is 0 Å². The van der Waals surface area contributed by atoms with E-state index in [-0.39, 0.29) is 0 Å². The monoisotopic (exact) mass is 128 g/mol. The van der Waals surface area contributed by atoms with Crippen LogP contribution in [0.25, 0.3) is 0 Å². The van der Waals surface area contributed by atoms with Gasteiger partial charge in [-0.1, -0.05) is 0 Å². The molecule has 0 fully saturated rings. The maximum atomic E-state index is 11.2. The van der Waals surface area contributed by atoms with Gasteiger partial charge < -0.3 is 23.8 Å². The molecule has 6 heteroatoms. The summed E-state index contributed by atoms with van der Waals surface area (Å²) in [5, 5.41) is 7.84. The second kappa shape index (κ2) is 2.36. The van der Waals surface area contributed by atoms with Gasteiger partial charge in [-0.25, -0.2) is 0 Å². The van der Waals surface area contributed by atoms with Gasteiger partial charge in [-0.2, -0.15) is 0 Å². The number of hydrogen-bond acceptors (Lipinski definition) is 2. The van der Waals surface area contributed by atoms with Crippen LogP contribution in [0.2, 0.25) is 0 Å². The Balaban J connectivity index is 3.62. The molecule has 0 aliphatic carbocycles. The Morgan fingerprint density at radius 2 is 1.88 bits per heavy atom. The molecule has 0 heterocycles. The van der Waals surface area contributed by atoms with Crippen molar-refractivity contribution in [2.45, 2.75) is 5.94 Å². The van der Waals surface area contributed by atoms with Crippen molar-refractivity contribution in [3.05, 3.63) is 0 Å². The first-order valence-electron chi connectivity index (χ1n) is 2.05. The molecule has 0 spiro atoms. The van der Waals surface area contributed by atoms with Crippen molar-refractivity contribution < 1.29 is 18.1 Å². The molecular formula is C2H6BF3NO-. The Morgan fingerprint density at radius 1 is 1.50 bits per heavy atom. The molecule has 1 unspecified atom stereocenters. The molecule has 50 valence electrons. The predicted octanol–water partition coefficient (Wildman–Crippen LogP) is -0.307. The van der Waals surface area contributed by atoms with E-state index in [2.05, 4.69) is 5.73 Å². The lowest BCUT2D eigenvalue weighted by molar-refractivity contribution is 0.267.